The molecule has 2 saturated heterocycles. The molecule has 5 nitrogen and oxygen atoms in total. The van der Waals surface area contributed by atoms with Crippen molar-refractivity contribution >= 4 is 23.0 Å². The molecule has 1 aromatic heterocycles. The van der Waals surface area contributed by atoms with Crippen molar-refractivity contribution in [2.45, 2.75) is 45.4 Å². The minimum atomic E-state index is -0.0753. The highest BCUT2D eigenvalue weighted by molar-refractivity contribution is 7.15. The normalized spacial score (nSPS) is 27.9. The maximum Gasteiger partial charge on any atom is 0.261 e. The monoisotopic (exact) mass is 336 g/mol. The first-order valence-electron chi connectivity index (χ1n) is 8.21. The molecule has 2 aliphatic rings. The van der Waals surface area contributed by atoms with Crippen molar-refractivity contribution in [3.8, 4) is 0 Å². The number of thiophene rings is 1. The molecule has 0 aromatic carbocycles. The highest BCUT2D eigenvalue weighted by Crippen LogP contribution is 2.26. The minimum Gasteiger partial charge on any atom is -0.375 e. The lowest BCUT2D eigenvalue weighted by atomic mass is 10.0. The second kappa shape index (κ2) is 6.71. The van der Waals surface area contributed by atoms with Crippen LogP contribution in [0.2, 0.25) is 0 Å². The summed E-state index contributed by atoms with van der Waals surface area (Å²) in [6, 6.07) is 4.02. The van der Waals surface area contributed by atoms with Crippen LogP contribution in [0.15, 0.2) is 12.1 Å². The van der Waals surface area contributed by atoms with E-state index in [0.717, 1.165) is 26.1 Å². The number of amides is 1. The lowest BCUT2D eigenvalue weighted by Gasteiger charge is -2.36. The minimum absolute atomic E-state index is 0.00363. The van der Waals surface area contributed by atoms with Crippen molar-refractivity contribution < 1.29 is 14.3 Å². The van der Waals surface area contributed by atoms with Crippen LogP contribution in [-0.4, -0.2) is 54.5 Å². The third kappa shape index (κ3) is 3.65. The van der Waals surface area contributed by atoms with E-state index >= 15 is 0 Å². The number of Topliss-reactive ketones (excluding diaryl/α,β-unsaturated/α-hetero) is 1. The molecule has 0 radical (unpaired) electrons. The van der Waals surface area contributed by atoms with Crippen LogP contribution in [0, 0.1) is 5.92 Å². The Kier molecular flexibility index (Phi) is 4.85. The van der Waals surface area contributed by atoms with Crippen LogP contribution < -0.4 is 5.32 Å². The first-order chi connectivity index (χ1) is 10.9. The zero-order valence-electron chi connectivity index (χ0n) is 13.9. The van der Waals surface area contributed by atoms with Crippen molar-refractivity contribution in [3.05, 3.63) is 21.9 Å². The number of ether oxygens (including phenoxy) is 1. The summed E-state index contributed by atoms with van der Waals surface area (Å²) in [5.74, 6) is 0.443. The van der Waals surface area contributed by atoms with E-state index < -0.39 is 0 Å². The number of fused-ring (bicyclic) bond motifs is 1. The van der Waals surface area contributed by atoms with Gasteiger partial charge >= 0.3 is 0 Å². The van der Waals surface area contributed by atoms with Gasteiger partial charge in [0.1, 0.15) is 0 Å². The first kappa shape index (κ1) is 16.6. The Morgan fingerprint density at radius 3 is 2.70 bits per heavy atom. The highest BCUT2D eigenvalue weighted by Gasteiger charge is 2.38. The van der Waals surface area contributed by atoms with Crippen LogP contribution in [-0.2, 0) is 4.74 Å². The topological polar surface area (TPSA) is 58.6 Å². The summed E-state index contributed by atoms with van der Waals surface area (Å²) >= 11 is 1.26. The predicted octanol–water partition coefficient (Wildman–Crippen LogP) is 2.18. The molecule has 126 valence electrons. The van der Waals surface area contributed by atoms with Crippen LogP contribution in [0.4, 0.5) is 0 Å². The van der Waals surface area contributed by atoms with Crippen LogP contribution in [0.3, 0.4) is 0 Å². The molecule has 3 atom stereocenters. The van der Waals surface area contributed by atoms with Crippen molar-refractivity contribution in [2.75, 3.05) is 19.7 Å². The smallest absolute Gasteiger partial charge is 0.261 e. The maximum absolute atomic E-state index is 12.4. The van der Waals surface area contributed by atoms with E-state index in [-0.39, 0.29) is 23.8 Å². The van der Waals surface area contributed by atoms with Crippen molar-refractivity contribution in [1.29, 1.82) is 0 Å². The number of hydrogen-bond acceptors (Lipinski definition) is 5. The standard InChI is InChI=1S/C17H24N2O3S/c1-10(2)14-8-19-7-12(6-13(19)9-22-14)18-17(21)16-5-4-15(23-16)11(3)20/h4-5,10,12-14H,6-9H2,1-3H3,(H,18,21)/t12-,13+,14+/m1/s1. The summed E-state index contributed by atoms with van der Waals surface area (Å²) < 4.78 is 5.93. The second-order valence-corrected chi connectivity index (χ2v) is 7.93. The Morgan fingerprint density at radius 1 is 1.30 bits per heavy atom. The molecule has 6 heteroatoms. The zero-order valence-corrected chi connectivity index (χ0v) is 14.7. The van der Waals surface area contributed by atoms with Crippen molar-refractivity contribution in [1.82, 2.24) is 10.2 Å². The van der Waals surface area contributed by atoms with Gasteiger partial charge in [-0.3, -0.25) is 14.5 Å². The summed E-state index contributed by atoms with van der Waals surface area (Å²) in [7, 11) is 0. The SMILES string of the molecule is CC(=O)c1ccc(C(=O)N[C@@H]2C[C@H]3CO[C@H](C(C)C)CN3C2)s1. The van der Waals surface area contributed by atoms with E-state index in [1.165, 1.54) is 18.3 Å². The fourth-order valence-corrected chi connectivity index (χ4v) is 4.12. The number of carbonyl (C=O) groups is 2. The van der Waals surface area contributed by atoms with E-state index in [0.29, 0.717) is 21.7 Å². The maximum atomic E-state index is 12.4. The summed E-state index contributed by atoms with van der Waals surface area (Å²) in [6.45, 7) is 8.47. The molecule has 0 unspecified atom stereocenters. The fraction of sp³-hybridized carbons (Fsp3) is 0.647. The van der Waals surface area contributed by atoms with E-state index in [1.54, 1.807) is 12.1 Å². The van der Waals surface area contributed by atoms with Gasteiger partial charge in [-0.1, -0.05) is 13.8 Å². The number of ketones is 1. The Hall–Kier alpha value is -1.24. The largest absolute Gasteiger partial charge is 0.375 e. The van der Waals surface area contributed by atoms with Crippen LogP contribution in [0.1, 0.15) is 46.5 Å². The number of carbonyl (C=O) groups excluding carboxylic acids is 2. The third-order valence-electron chi connectivity index (χ3n) is 4.70. The first-order valence-corrected chi connectivity index (χ1v) is 9.03. The van der Waals surface area contributed by atoms with Gasteiger partial charge in [0.15, 0.2) is 5.78 Å². The highest BCUT2D eigenvalue weighted by atomic mass is 32.1. The summed E-state index contributed by atoms with van der Waals surface area (Å²) in [6.07, 6.45) is 1.22. The van der Waals surface area contributed by atoms with Crippen molar-refractivity contribution in [2.24, 2.45) is 5.92 Å². The lowest BCUT2D eigenvalue weighted by Crippen LogP contribution is -2.48. The number of morpholine rings is 1. The number of nitrogens with zero attached hydrogens (tertiary/aromatic N) is 1. The molecular weight excluding hydrogens is 312 g/mol. The van der Waals surface area contributed by atoms with Gasteiger partial charge in [-0.05, 0) is 31.4 Å². The molecule has 2 fully saturated rings. The number of nitrogens with one attached hydrogen (secondary N) is 1. The predicted molar refractivity (Wildman–Crippen MR) is 90.1 cm³/mol. The summed E-state index contributed by atoms with van der Waals surface area (Å²) in [5.41, 5.74) is 0. The molecule has 3 heterocycles. The van der Waals surface area contributed by atoms with Gasteiger partial charge in [-0.2, -0.15) is 0 Å². The Morgan fingerprint density at radius 2 is 2.04 bits per heavy atom. The van der Waals surface area contributed by atoms with Gasteiger partial charge < -0.3 is 10.1 Å². The summed E-state index contributed by atoms with van der Waals surface area (Å²) in [4.78, 5) is 27.4. The van der Waals surface area contributed by atoms with Gasteiger partial charge in [0.25, 0.3) is 5.91 Å². The fourth-order valence-electron chi connectivity index (χ4n) is 3.31. The Bertz CT molecular complexity index is 598. The molecule has 1 aromatic rings. The van der Waals surface area contributed by atoms with Crippen LogP contribution in [0.5, 0.6) is 0 Å². The van der Waals surface area contributed by atoms with Crippen molar-refractivity contribution in [3.63, 3.8) is 0 Å². The van der Waals surface area contributed by atoms with Crippen LogP contribution >= 0.6 is 11.3 Å². The molecule has 0 aliphatic carbocycles. The van der Waals surface area contributed by atoms with Gasteiger partial charge in [-0.15, -0.1) is 11.3 Å². The third-order valence-corrected chi connectivity index (χ3v) is 5.89. The molecule has 0 spiro atoms. The quantitative estimate of drug-likeness (QED) is 0.856. The molecule has 23 heavy (non-hydrogen) atoms. The zero-order chi connectivity index (χ0) is 16.6. The van der Waals surface area contributed by atoms with Gasteiger partial charge in [0, 0.05) is 25.2 Å². The average molecular weight is 336 g/mol. The molecule has 0 saturated carbocycles. The van der Waals surface area contributed by atoms with Crippen LogP contribution in [0.25, 0.3) is 0 Å². The van der Waals surface area contributed by atoms with E-state index in [2.05, 4.69) is 24.1 Å². The molecule has 3 rings (SSSR count). The average Bonchev–Trinajstić information content (AvgIpc) is 3.12. The summed E-state index contributed by atoms with van der Waals surface area (Å²) in [5, 5.41) is 3.11. The number of rotatable bonds is 4. The van der Waals surface area contributed by atoms with Gasteiger partial charge in [0.05, 0.1) is 22.5 Å². The second-order valence-electron chi connectivity index (χ2n) is 6.85. The molecule has 2 aliphatic heterocycles. The van der Waals surface area contributed by atoms with Gasteiger partial charge in [0.2, 0.25) is 0 Å². The molecule has 1 amide bonds. The van der Waals surface area contributed by atoms with E-state index in [1.807, 2.05) is 0 Å². The van der Waals surface area contributed by atoms with E-state index in [4.69, 9.17) is 4.74 Å². The Balaban J connectivity index is 1.57. The lowest BCUT2D eigenvalue weighted by molar-refractivity contribution is -0.0683. The van der Waals surface area contributed by atoms with Gasteiger partial charge in [-0.25, -0.2) is 0 Å². The Labute approximate surface area is 141 Å². The van der Waals surface area contributed by atoms with E-state index in [9.17, 15) is 9.59 Å². The molecular formula is C17H24N2O3S. The molecule has 1 N–H and O–H groups in total. The molecule has 0 bridgehead atoms. The number of hydrogen-bond donors (Lipinski definition) is 1.